The van der Waals surface area contributed by atoms with Crippen molar-refractivity contribution in [3.05, 3.63) is 181 Å². The largest absolute Gasteiger partial charge is 0.292 e. The van der Waals surface area contributed by atoms with E-state index in [0.717, 1.165) is 16.9 Å². The first-order chi connectivity index (χ1) is 24.6. The number of para-hydroxylation sites is 1. The predicted molar refractivity (Wildman–Crippen MR) is 210 cm³/mol. The molecule has 0 saturated heterocycles. The van der Waals surface area contributed by atoms with Crippen molar-refractivity contribution in [2.24, 2.45) is 0 Å². The summed E-state index contributed by atoms with van der Waals surface area (Å²) in [6.45, 7) is 4.71. The van der Waals surface area contributed by atoms with Crippen LogP contribution in [0.3, 0.4) is 0 Å². The van der Waals surface area contributed by atoms with Gasteiger partial charge in [0, 0.05) is 11.0 Å². The highest BCUT2D eigenvalue weighted by atomic mass is 15.1. The third-order valence-corrected chi connectivity index (χ3v) is 10.8. The zero-order valence-corrected chi connectivity index (χ0v) is 28.1. The highest BCUT2D eigenvalue weighted by Crippen LogP contribution is 2.48. The standard InChI is InChI=1S/C48H34N2/c1-48(2)40-23-14-24-42-46(40)50(47(49-42)33-19-10-5-11-20-33)43-28-26-35(30-41(43)48)34-25-27-38-39(29-34)45(32-17-8-4-9-18-32)37-22-13-12-21-36(37)44(38)31-15-6-3-7-16-31/h3-30H,1-2H3. The average Bonchev–Trinajstić information content (AvgIpc) is 3.57. The van der Waals surface area contributed by atoms with E-state index >= 15 is 0 Å². The number of fused-ring (bicyclic) bond motifs is 4. The zero-order valence-electron chi connectivity index (χ0n) is 28.1. The Bertz CT molecular complexity index is 2760. The van der Waals surface area contributed by atoms with E-state index in [-0.39, 0.29) is 5.41 Å². The molecule has 0 amide bonds. The smallest absolute Gasteiger partial charge is 0.145 e. The molecule has 8 aromatic carbocycles. The fraction of sp³-hybridized carbons (Fsp3) is 0.0625. The Labute approximate surface area is 291 Å². The van der Waals surface area contributed by atoms with Crippen molar-refractivity contribution in [3.63, 3.8) is 0 Å². The minimum absolute atomic E-state index is 0.211. The number of imidazole rings is 1. The van der Waals surface area contributed by atoms with Gasteiger partial charge in [-0.2, -0.15) is 0 Å². The van der Waals surface area contributed by atoms with Gasteiger partial charge in [-0.3, -0.25) is 4.57 Å². The topological polar surface area (TPSA) is 17.8 Å². The van der Waals surface area contributed by atoms with Crippen LogP contribution in [0.2, 0.25) is 0 Å². The van der Waals surface area contributed by atoms with Crippen LogP contribution in [0, 0.1) is 0 Å². The molecule has 0 unspecified atom stereocenters. The molecule has 0 radical (unpaired) electrons. The van der Waals surface area contributed by atoms with Gasteiger partial charge < -0.3 is 0 Å². The fourth-order valence-corrected chi connectivity index (χ4v) is 8.39. The second-order valence-corrected chi connectivity index (χ2v) is 14.0. The molecule has 10 rings (SSSR count). The van der Waals surface area contributed by atoms with E-state index in [4.69, 9.17) is 4.98 Å². The van der Waals surface area contributed by atoms with Gasteiger partial charge in [0.15, 0.2) is 0 Å². The van der Waals surface area contributed by atoms with Crippen molar-refractivity contribution in [1.82, 2.24) is 9.55 Å². The van der Waals surface area contributed by atoms with Gasteiger partial charge in [-0.25, -0.2) is 4.98 Å². The summed E-state index contributed by atoms with van der Waals surface area (Å²) in [6, 6.07) is 61.9. The molecule has 0 fully saturated rings. The van der Waals surface area contributed by atoms with Crippen molar-refractivity contribution >= 4 is 32.6 Å². The Morgan fingerprint density at radius 2 is 0.960 bits per heavy atom. The second-order valence-electron chi connectivity index (χ2n) is 14.0. The van der Waals surface area contributed by atoms with Crippen molar-refractivity contribution < 1.29 is 0 Å². The van der Waals surface area contributed by atoms with E-state index in [9.17, 15) is 0 Å². The third-order valence-electron chi connectivity index (χ3n) is 10.8. The van der Waals surface area contributed by atoms with Crippen molar-refractivity contribution in [2.45, 2.75) is 19.3 Å². The minimum Gasteiger partial charge on any atom is -0.292 e. The number of benzene rings is 8. The number of hydrogen-bond acceptors (Lipinski definition) is 1. The van der Waals surface area contributed by atoms with E-state index in [1.807, 2.05) is 0 Å². The third kappa shape index (κ3) is 4.18. The molecule has 0 atom stereocenters. The lowest BCUT2D eigenvalue weighted by Crippen LogP contribution is -2.26. The normalized spacial score (nSPS) is 13.2. The van der Waals surface area contributed by atoms with Gasteiger partial charge in [0.05, 0.1) is 16.7 Å². The van der Waals surface area contributed by atoms with Crippen LogP contribution in [0.1, 0.15) is 25.0 Å². The summed E-state index contributed by atoms with van der Waals surface area (Å²) in [5.41, 5.74) is 14.4. The summed E-state index contributed by atoms with van der Waals surface area (Å²) in [4.78, 5) is 5.19. The first-order valence-electron chi connectivity index (χ1n) is 17.4. The van der Waals surface area contributed by atoms with E-state index in [0.29, 0.717) is 0 Å². The van der Waals surface area contributed by atoms with Crippen LogP contribution in [0.25, 0.3) is 83.0 Å². The van der Waals surface area contributed by atoms with E-state index in [2.05, 4.69) is 188 Å². The Morgan fingerprint density at radius 1 is 0.420 bits per heavy atom. The van der Waals surface area contributed by atoms with Crippen LogP contribution >= 0.6 is 0 Å². The minimum atomic E-state index is -0.211. The maximum absolute atomic E-state index is 5.19. The van der Waals surface area contributed by atoms with Gasteiger partial charge in [-0.05, 0) is 90.3 Å². The number of aromatic nitrogens is 2. The van der Waals surface area contributed by atoms with Crippen LogP contribution in [0.5, 0.6) is 0 Å². The summed E-state index contributed by atoms with van der Waals surface area (Å²) >= 11 is 0. The lowest BCUT2D eigenvalue weighted by Gasteiger charge is -2.35. The molecule has 236 valence electrons. The van der Waals surface area contributed by atoms with Gasteiger partial charge in [0.1, 0.15) is 5.82 Å². The van der Waals surface area contributed by atoms with Crippen LogP contribution in [0.4, 0.5) is 0 Å². The molecule has 0 aliphatic carbocycles. The van der Waals surface area contributed by atoms with Crippen LogP contribution in [0.15, 0.2) is 170 Å². The Morgan fingerprint density at radius 3 is 1.62 bits per heavy atom. The number of hydrogen-bond donors (Lipinski definition) is 0. The summed E-state index contributed by atoms with van der Waals surface area (Å²) in [5.74, 6) is 0.982. The molecular weight excluding hydrogens is 605 g/mol. The number of nitrogens with zero attached hydrogens (tertiary/aromatic N) is 2. The van der Waals surface area contributed by atoms with Gasteiger partial charge in [-0.1, -0.05) is 159 Å². The van der Waals surface area contributed by atoms with Crippen molar-refractivity contribution in [3.8, 4) is 50.5 Å². The van der Waals surface area contributed by atoms with Crippen LogP contribution in [-0.2, 0) is 5.41 Å². The predicted octanol–water partition coefficient (Wildman–Crippen LogP) is 12.6. The molecule has 1 aromatic heterocycles. The lowest BCUT2D eigenvalue weighted by molar-refractivity contribution is 0.629. The maximum Gasteiger partial charge on any atom is 0.145 e. The quantitative estimate of drug-likeness (QED) is 0.175. The van der Waals surface area contributed by atoms with Gasteiger partial charge >= 0.3 is 0 Å². The van der Waals surface area contributed by atoms with E-state index < -0.39 is 0 Å². The highest BCUT2D eigenvalue weighted by Gasteiger charge is 2.36. The molecule has 0 saturated carbocycles. The molecule has 1 aliphatic heterocycles. The summed E-state index contributed by atoms with van der Waals surface area (Å²) < 4.78 is 2.39. The summed E-state index contributed by atoms with van der Waals surface area (Å²) in [7, 11) is 0. The first kappa shape index (κ1) is 28.7. The molecule has 2 heterocycles. The first-order valence-corrected chi connectivity index (χ1v) is 17.4. The molecule has 50 heavy (non-hydrogen) atoms. The van der Waals surface area contributed by atoms with E-state index in [1.54, 1.807) is 0 Å². The molecular formula is C48H34N2. The Kier molecular flexibility index (Phi) is 6.25. The van der Waals surface area contributed by atoms with Crippen LogP contribution in [-0.4, -0.2) is 9.55 Å². The maximum atomic E-state index is 5.19. The molecule has 9 aromatic rings. The van der Waals surface area contributed by atoms with Gasteiger partial charge in [0.2, 0.25) is 0 Å². The summed E-state index contributed by atoms with van der Waals surface area (Å²) in [5, 5.41) is 5.06. The second kappa shape index (κ2) is 10.9. The zero-order chi connectivity index (χ0) is 33.4. The van der Waals surface area contributed by atoms with Crippen molar-refractivity contribution in [1.29, 1.82) is 0 Å². The van der Waals surface area contributed by atoms with Crippen molar-refractivity contribution in [2.75, 3.05) is 0 Å². The molecule has 0 bridgehead atoms. The highest BCUT2D eigenvalue weighted by molar-refractivity contribution is 6.22. The average molecular weight is 639 g/mol. The molecule has 2 nitrogen and oxygen atoms in total. The molecule has 1 aliphatic rings. The van der Waals surface area contributed by atoms with Gasteiger partial charge in [0.25, 0.3) is 0 Å². The molecule has 2 heteroatoms. The number of rotatable bonds is 4. The van der Waals surface area contributed by atoms with E-state index in [1.165, 1.54) is 77.3 Å². The lowest BCUT2D eigenvalue weighted by atomic mass is 9.74. The van der Waals surface area contributed by atoms with Gasteiger partial charge in [-0.15, -0.1) is 0 Å². The fourth-order valence-electron chi connectivity index (χ4n) is 8.39. The Hall–Kier alpha value is -6.25. The Balaban J connectivity index is 1.24. The molecule has 0 spiro atoms. The summed E-state index contributed by atoms with van der Waals surface area (Å²) in [6.07, 6.45) is 0. The monoisotopic (exact) mass is 638 g/mol. The molecule has 0 N–H and O–H groups in total. The van der Waals surface area contributed by atoms with Crippen LogP contribution < -0.4 is 0 Å². The SMILES string of the molecule is CC1(C)c2cc(-c3ccc4c(-c5ccccc5)c5ccccc5c(-c5ccccc5)c4c3)ccc2-n2c(-c3ccccc3)nc3cccc1c32.